The zero-order valence-corrected chi connectivity index (χ0v) is 13.0. The third kappa shape index (κ3) is 7.00. The molecule has 5 heteroatoms. The molecule has 3 nitrogen and oxygen atoms in total. The highest BCUT2D eigenvalue weighted by Crippen LogP contribution is 2.49. The van der Waals surface area contributed by atoms with Crippen molar-refractivity contribution >= 4 is 19.2 Å². The van der Waals surface area contributed by atoms with Crippen molar-refractivity contribution in [2.75, 3.05) is 12.2 Å². The number of halogens is 1. The Kier molecular flexibility index (Phi) is 8.20. The smallest absolute Gasteiger partial charge is 0.393 e. The van der Waals surface area contributed by atoms with Crippen molar-refractivity contribution in [1.82, 2.24) is 0 Å². The van der Waals surface area contributed by atoms with Crippen LogP contribution in [-0.2, 0) is 9.09 Å². The molecule has 0 aliphatic rings. The van der Waals surface area contributed by atoms with E-state index >= 15 is 0 Å². The molecule has 19 heavy (non-hydrogen) atoms. The van der Waals surface area contributed by atoms with Crippen molar-refractivity contribution in [2.45, 2.75) is 39.0 Å². The van der Waals surface area contributed by atoms with Gasteiger partial charge in [0, 0.05) is 0 Å². The largest absolute Gasteiger partial charge is 0.424 e. The molecule has 0 heterocycles. The molecule has 1 atom stereocenters. The molecular formula is C14H22ClO3P. The summed E-state index contributed by atoms with van der Waals surface area (Å²) in [6, 6.07) is 8.98. The first kappa shape index (κ1) is 16.6. The fourth-order valence-corrected chi connectivity index (χ4v) is 3.01. The summed E-state index contributed by atoms with van der Waals surface area (Å²) in [6.07, 6.45) is 5.59. The van der Waals surface area contributed by atoms with E-state index in [1.165, 1.54) is 19.3 Å². The third-order valence-corrected chi connectivity index (χ3v) is 4.91. The molecule has 0 bridgehead atoms. The molecule has 0 aliphatic carbocycles. The Labute approximate surface area is 120 Å². The number of alkyl halides is 1. The summed E-state index contributed by atoms with van der Waals surface area (Å²) in [5, 5.41) is 0. The first-order valence-corrected chi connectivity index (χ1v) is 9.00. The van der Waals surface area contributed by atoms with Gasteiger partial charge in [0.05, 0.1) is 6.61 Å². The van der Waals surface area contributed by atoms with Crippen LogP contribution in [0, 0.1) is 0 Å². The summed E-state index contributed by atoms with van der Waals surface area (Å²) in [5.74, 6) is 0.525. The monoisotopic (exact) mass is 304 g/mol. The fourth-order valence-electron chi connectivity index (χ4n) is 1.64. The van der Waals surface area contributed by atoms with Crippen molar-refractivity contribution < 1.29 is 13.6 Å². The summed E-state index contributed by atoms with van der Waals surface area (Å²) >= 11 is 5.71. The van der Waals surface area contributed by atoms with E-state index in [0.717, 1.165) is 12.8 Å². The molecule has 0 aromatic heterocycles. The molecule has 1 rings (SSSR count). The number of benzene rings is 1. The van der Waals surface area contributed by atoms with Crippen molar-refractivity contribution in [2.24, 2.45) is 0 Å². The van der Waals surface area contributed by atoms with E-state index < -0.39 is 7.60 Å². The van der Waals surface area contributed by atoms with Crippen LogP contribution in [0.2, 0.25) is 0 Å². The lowest BCUT2D eigenvalue weighted by Crippen LogP contribution is -2.01. The van der Waals surface area contributed by atoms with Gasteiger partial charge >= 0.3 is 7.60 Å². The van der Waals surface area contributed by atoms with Crippen LogP contribution >= 0.6 is 19.2 Å². The minimum Gasteiger partial charge on any atom is -0.424 e. The zero-order valence-electron chi connectivity index (χ0n) is 11.4. The molecule has 0 N–H and O–H groups in total. The second-order valence-corrected chi connectivity index (χ2v) is 7.00. The van der Waals surface area contributed by atoms with Crippen molar-refractivity contribution in [3.8, 4) is 5.75 Å². The van der Waals surface area contributed by atoms with Gasteiger partial charge in [-0.2, -0.15) is 0 Å². The predicted molar refractivity (Wildman–Crippen MR) is 80.1 cm³/mol. The lowest BCUT2D eigenvalue weighted by atomic mass is 10.2. The maximum Gasteiger partial charge on any atom is 0.393 e. The van der Waals surface area contributed by atoms with Crippen LogP contribution in [0.1, 0.15) is 39.0 Å². The average Bonchev–Trinajstić information content (AvgIpc) is 2.44. The van der Waals surface area contributed by atoms with Gasteiger partial charge in [0.25, 0.3) is 0 Å². The molecule has 108 valence electrons. The molecule has 0 unspecified atom stereocenters. The molecule has 0 spiro atoms. The normalized spacial score (nSPS) is 14.0. The van der Waals surface area contributed by atoms with E-state index in [1.54, 1.807) is 12.1 Å². The summed E-state index contributed by atoms with van der Waals surface area (Å²) in [4.78, 5) is 0. The lowest BCUT2D eigenvalue weighted by molar-refractivity contribution is 0.261. The molecule has 0 amide bonds. The molecule has 0 fully saturated rings. The van der Waals surface area contributed by atoms with Crippen LogP contribution in [0.5, 0.6) is 5.75 Å². The van der Waals surface area contributed by atoms with E-state index in [2.05, 4.69) is 6.92 Å². The number of hydrogen-bond acceptors (Lipinski definition) is 3. The van der Waals surface area contributed by atoms with Crippen LogP contribution in [-0.4, -0.2) is 12.2 Å². The molecule has 1 aromatic carbocycles. The molecule has 0 saturated carbocycles. The van der Waals surface area contributed by atoms with Crippen LogP contribution in [0.3, 0.4) is 0 Å². The number of para-hydroxylation sites is 1. The Morgan fingerprint density at radius 1 is 1.11 bits per heavy atom. The number of unbranched alkanes of at least 4 members (excludes halogenated alkanes) is 4. The highest BCUT2D eigenvalue weighted by atomic mass is 35.5. The van der Waals surface area contributed by atoms with Crippen molar-refractivity contribution in [1.29, 1.82) is 0 Å². The summed E-state index contributed by atoms with van der Waals surface area (Å²) in [6.45, 7) is 2.60. The second kappa shape index (κ2) is 9.41. The van der Waals surface area contributed by atoms with E-state index in [1.807, 2.05) is 18.2 Å². The van der Waals surface area contributed by atoms with Gasteiger partial charge in [0.1, 0.15) is 11.4 Å². The van der Waals surface area contributed by atoms with E-state index in [0.29, 0.717) is 12.4 Å². The Morgan fingerprint density at radius 2 is 1.79 bits per heavy atom. The SMILES string of the molecule is CCCCCCCO[P@@](=O)(CCl)Oc1ccccc1. The van der Waals surface area contributed by atoms with Crippen molar-refractivity contribution in [3.05, 3.63) is 30.3 Å². The molecular weight excluding hydrogens is 283 g/mol. The third-order valence-electron chi connectivity index (χ3n) is 2.67. The molecule has 1 aromatic rings. The zero-order chi connectivity index (χ0) is 14.0. The van der Waals surface area contributed by atoms with Gasteiger partial charge in [-0.15, -0.1) is 11.6 Å². The maximum absolute atomic E-state index is 12.3. The van der Waals surface area contributed by atoms with Gasteiger partial charge in [0.15, 0.2) is 0 Å². The molecule has 0 aliphatic heterocycles. The second-order valence-electron chi connectivity index (χ2n) is 4.38. The standard InChI is InChI=1S/C14H22ClO3P/c1-2-3-4-5-9-12-17-19(16,13-15)18-14-10-7-6-8-11-14/h6-8,10-11H,2-5,9,12-13H2,1H3/t19-/m0/s1. The van der Waals surface area contributed by atoms with Gasteiger partial charge in [-0.25, -0.2) is 4.57 Å². The first-order valence-electron chi connectivity index (χ1n) is 6.74. The van der Waals surface area contributed by atoms with E-state index in [-0.39, 0.29) is 5.62 Å². The first-order chi connectivity index (χ1) is 9.20. The summed E-state index contributed by atoms with van der Waals surface area (Å²) in [5.41, 5.74) is -0.128. The van der Waals surface area contributed by atoms with E-state index in [9.17, 15) is 4.57 Å². The quantitative estimate of drug-likeness (QED) is 0.328. The minimum atomic E-state index is -3.21. The van der Waals surface area contributed by atoms with Gasteiger partial charge in [-0.3, -0.25) is 4.52 Å². The Morgan fingerprint density at radius 3 is 2.42 bits per heavy atom. The Balaban J connectivity index is 2.32. The Bertz CT molecular complexity index is 384. The van der Waals surface area contributed by atoms with Crippen LogP contribution < -0.4 is 4.52 Å². The van der Waals surface area contributed by atoms with Gasteiger partial charge in [-0.05, 0) is 18.6 Å². The number of rotatable bonds is 10. The summed E-state index contributed by atoms with van der Waals surface area (Å²) < 4.78 is 23.0. The van der Waals surface area contributed by atoms with Gasteiger partial charge in [-0.1, -0.05) is 50.8 Å². The maximum atomic E-state index is 12.3. The Hall–Kier alpha value is -0.500. The predicted octanol–water partition coefficient (Wildman–Crippen LogP) is 5.44. The number of hydrogen-bond donors (Lipinski definition) is 0. The molecule has 0 radical (unpaired) electrons. The van der Waals surface area contributed by atoms with Crippen LogP contribution in [0.4, 0.5) is 0 Å². The summed E-state index contributed by atoms with van der Waals surface area (Å²) in [7, 11) is -3.21. The van der Waals surface area contributed by atoms with Gasteiger partial charge < -0.3 is 4.52 Å². The van der Waals surface area contributed by atoms with Crippen LogP contribution in [0.15, 0.2) is 30.3 Å². The fraction of sp³-hybridized carbons (Fsp3) is 0.571. The lowest BCUT2D eigenvalue weighted by Gasteiger charge is -2.17. The highest BCUT2D eigenvalue weighted by Gasteiger charge is 2.24. The van der Waals surface area contributed by atoms with Crippen LogP contribution in [0.25, 0.3) is 0 Å². The average molecular weight is 305 g/mol. The minimum absolute atomic E-state index is 0.128. The van der Waals surface area contributed by atoms with Gasteiger partial charge in [0.2, 0.25) is 0 Å². The topological polar surface area (TPSA) is 35.5 Å². The highest BCUT2D eigenvalue weighted by molar-refractivity contribution is 7.56. The van der Waals surface area contributed by atoms with E-state index in [4.69, 9.17) is 20.6 Å². The van der Waals surface area contributed by atoms with Crippen molar-refractivity contribution in [3.63, 3.8) is 0 Å². The molecule has 0 saturated heterocycles.